The van der Waals surface area contributed by atoms with Crippen LogP contribution in [0.4, 0.5) is 85.3 Å². The molecule has 0 aliphatic carbocycles. The van der Waals surface area contributed by atoms with Crippen molar-refractivity contribution >= 4 is 226 Å². The van der Waals surface area contributed by atoms with Crippen molar-refractivity contribution in [3.05, 3.63) is 334 Å². The summed E-state index contributed by atoms with van der Waals surface area (Å²) in [7, 11) is 0. The van der Waals surface area contributed by atoms with Gasteiger partial charge in [-0.3, -0.25) is 0 Å². The first-order valence-corrected chi connectivity index (χ1v) is 36.9. The molecule has 6 nitrogen and oxygen atoms in total. The summed E-state index contributed by atoms with van der Waals surface area (Å²) in [6.07, 6.45) is 0. The van der Waals surface area contributed by atoms with E-state index in [-0.39, 0.29) is 13.4 Å². The molecule has 4 aliphatic heterocycles. The molecule has 22 rings (SSSR count). The standard InChI is InChI=1S/C90H55B2N5OS3/c1-5-26-56(27-6-1)93(57-28-7-2-8-29-57)60-50-76-88-77(51-60)96(72-42-24-48-84-86(72)64-35-14-21-46-82(64)99-84)70-40-18-16-38-66(70)91(88)68-54-69-79(55-75(68)95(76)59-32-11-4-12-33-59)98-80-53-61(94(58-30-9-3-10-31-58)74-44-23-37-63-62-34-13-20-45-81(62)101-90(63)74)52-78-89(80)92(69)67-39-17-19-41-71(67)97(78)73-43-25-49-85-87(73)65-36-15-22-47-83(65)100-85/h1-55H. The van der Waals surface area contributed by atoms with E-state index in [4.69, 9.17) is 4.74 Å². The van der Waals surface area contributed by atoms with Crippen LogP contribution in [0, 0.1) is 0 Å². The van der Waals surface area contributed by atoms with E-state index in [9.17, 15) is 0 Å². The molecule has 101 heavy (non-hydrogen) atoms. The molecule has 0 saturated carbocycles. The van der Waals surface area contributed by atoms with E-state index in [1.807, 2.05) is 34.0 Å². The lowest BCUT2D eigenvalue weighted by molar-refractivity contribution is 0.488. The molecule has 0 radical (unpaired) electrons. The molecular weight excluding hydrogens is 1280 g/mol. The van der Waals surface area contributed by atoms with Gasteiger partial charge in [0.05, 0.1) is 33.1 Å². The minimum atomic E-state index is -0.233. The molecule has 4 aliphatic rings. The fraction of sp³-hybridized carbons (Fsp3) is 0. The fourth-order valence-corrected chi connectivity index (χ4v) is 20.6. The summed E-state index contributed by atoms with van der Waals surface area (Å²) >= 11 is 5.58. The SMILES string of the molecule is c1ccc(N(c2ccccc2)c2cc3c4c(c2)N(c2cccc5sc6ccccc6c25)c2ccccc2B4c2cc4c(cc2N3c2ccccc2)Oc2cc(N(c3ccccc3)c3cccc5c3sc3ccccc35)cc3c2B4c2ccccc2N3c2cccc3sc4ccccc4c23)cc1. The smallest absolute Gasteiger partial charge is 0.256 e. The van der Waals surface area contributed by atoms with Crippen molar-refractivity contribution in [3.8, 4) is 11.5 Å². The van der Waals surface area contributed by atoms with E-state index in [2.05, 4.69) is 358 Å². The lowest BCUT2D eigenvalue weighted by Crippen LogP contribution is -2.64. The first-order chi connectivity index (χ1) is 50.1. The molecular formula is C90H55B2N5OS3. The highest BCUT2D eigenvalue weighted by Gasteiger charge is 2.49. The molecule has 0 spiro atoms. The number of rotatable bonds is 9. The number of anilines is 15. The van der Waals surface area contributed by atoms with E-state index >= 15 is 0 Å². The summed E-state index contributed by atoms with van der Waals surface area (Å²) in [5, 5.41) is 7.49. The minimum absolute atomic E-state index is 0.207. The van der Waals surface area contributed by atoms with Gasteiger partial charge in [-0.2, -0.15) is 0 Å². The molecule has 0 fully saturated rings. The van der Waals surface area contributed by atoms with Gasteiger partial charge in [0.25, 0.3) is 13.4 Å². The van der Waals surface area contributed by atoms with E-state index in [1.54, 1.807) is 0 Å². The van der Waals surface area contributed by atoms with E-state index < -0.39 is 0 Å². The molecule has 0 atom stereocenters. The van der Waals surface area contributed by atoms with Crippen molar-refractivity contribution in [2.75, 3.05) is 24.5 Å². The van der Waals surface area contributed by atoms with Crippen molar-refractivity contribution < 1.29 is 4.74 Å². The Morgan fingerprint density at radius 1 is 0.257 bits per heavy atom. The summed E-state index contributed by atoms with van der Waals surface area (Å²) < 4.78 is 15.5. The summed E-state index contributed by atoms with van der Waals surface area (Å²) in [4.78, 5) is 12.6. The predicted octanol–water partition coefficient (Wildman–Crippen LogP) is 22.2. The Morgan fingerprint density at radius 3 is 1.29 bits per heavy atom. The van der Waals surface area contributed by atoms with Crippen LogP contribution >= 0.6 is 34.0 Å². The number of para-hydroxylation sites is 6. The summed E-state index contributed by atoms with van der Waals surface area (Å²) in [6, 6.07) is 124. The van der Waals surface area contributed by atoms with Gasteiger partial charge < -0.3 is 29.2 Å². The Bertz CT molecular complexity index is 6420. The number of hydrogen-bond acceptors (Lipinski definition) is 9. The zero-order valence-electron chi connectivity index (χ0n) is 54.3. The van der Waals surface area contributed by atoms with Crippen LogP contribution in [0.25, 0.3) is 60.5 Å². The van der Waals surface area contributed by atoms with Crippen LogP contribution < -0.4 is 62.0 Å². The highest BCUT2D eigenvalue weighted by atomic mass is 32.1. The van der Waals surface area contributed by atoms with E-state index in [1.165, 1.54) is 82.4 Å². The van der Waals surface area contributed by atoms with Gasteiger partial charge in [-0.15, -0.1) is 34.0 Å². The zero-order valence-corrected chi connectivity index (χ0v) is 56.7. The second-order valence-electron chi connectivity index (χ2n) is 26.6. The van der Waals surface area contributed by atoms with Crippen LogP contribution in [-0.2, 0) is 0 Å². The molecule has 470 valence electrons. The lowest BCUT2D eigenvalue weighted by atomic mass is 9.30. The number of benzene rings is 15. The van der Waals surface area contributed by atoms with Crippen LogP contribution in [0.5, 0.6) is 11.5 Å². The second-order valence-corrected chi connectivity index (χ2v) is 29.8. The Balaban J connectivity index is 0.831. The molecule has 0 saturated heterocycles. The molecule has 7 heterocycles. The average molecular weight is 1340 g/mol. The van der Waals surface area contributed by atoms with E-state index in [0.29, 0.717) is 0 Å². The van der Waals surface area contributed by atoms with Crippen molar-refractivity contribution in [2.24, 2.45) is 0 Å². The highest BCUT2D eigenvalue weighted by molar-refractivity contribution is 7.27. The zero-order chi connectivity index (χ0) is 66.0. The van der Waals surface area contributed by atoms with Gasteiger partial charge in [0.2, 0.25) is 0 Å². The molecule has 0 amide bonds. The maximum atomic E-state index is 8.01. The summed E-state index contributed by atoms with van der Waals surface area (Å²) in [6.45, 7) is -0.440. The Hall–Kier alpha value is -12.1. The van der Waals surface area contributed by atoms with Crippen LogP contribution in [0.3, 0.4) is 0 Å². The third kappa shape index (κ3) is 8.46. The van der Waals surface area contributed by atoms with Crippen molar-refractivity contribution in [1.29, 1.82) is 0 Å². The molecule has 0 N–H and O–H groups in total. The molecule has 0 bridgehead atoms. The monoisotopic (exact) mass is 1340 g/mol. The molecule has 3 aromatic heterocycles. The number of thiophene rings is 3. The van der Waals surface area contributed by atoms with Crippen LogP contribution in [0.15, 0.2) is 334 Å². The van der Waals surface area contributed by atoms with Crippen molar-refractivity contribution in [2.45, 2.75) is 0 Å². The molecule has 11 heteroatoms. The lowest BCUT2D eigenvalue weighted by Gasteiger charge is -2.46. The van der Waals surface area contributed by atoms with Gasteiger partial charge in [-0.1, -0.05) is 194 Å². The van der Waals surface area contributed by atoms with Crippen LogP contribution in [0.2, 0.25) is 0 Å². The third-order valence-corrected chi connectivity index (χ3v) is 24.7. The number of nitrogens with zero attached hydrogens (tertiary/aromatic N) is 5. The third-order valence-electron chi connectivity index (χ3n) is 21.2. The normalized spacial score (nSPS) is 13.1. The van der Waals surface area contributed by atoms with Crippen molar-refractivity contribution in [3.63, 3.8) is 0 Å². The molecule has 18 aromatic rings. The Kier molecular flexibility index (Phi) is 12.5. The Labute approximate surface area is 596 Å². The van der Waals surface area contributed by atoms with Gasteiger partial charge in [0.1, 0.15) is 11.5 Å². The Morgan fingerprint density at radius 2 is 0.693 bits per heavy atom. The second kappa shape index (κ2) is 22.2. The number of hydrogen-bond donors (Lipinski definition) is 0. The average Bonchev–Trinajstić information content (AvgIpc) is 1.52. The van der Waals surface area contributed by atoms with Crippen molar-refractivity contribution in [1.82, 2.24) is 0 Å². The summed E-state index contributed by atoms with van der Waals surface area (Å²) in [5.41, 5.74) is 23.5. The quantitative estimate of drug-likeness (QED) is 0.134. The largest absolute Gasteiger partial charge is 0.458 e. The first-order valence-electron chi connectivity index (χ1n) is 34.4. The number of fused-ring (bicyclic) bond motifs is 17. The van der Waals surface area contributed by atoms with Gasteiger partial charge in [0.15, 0.2) is 0 Å². The predicted molar refractivity (Wildman–Crippen MR) is 434 cm³/mol. The van der Waals surface area contributed by atoms with Gasteiger partial charge >= 0.3 is 0 Å². The topological polar surface area (TPSA) is 25.4 Å². The van der Waals surface area contributed by atoms with Crippen LogP contribution in [-0.4, -0.2) is 13.4 Å². The van der Waals surface area contributed by atoms with Gasteiger partial charge in [0, 0.05) is 125 Å². The van der Waals surface area contributed by atoms with Crippen LogP contribution in [0.1, 0.15) is 0 Å². The number of ether oxygens (including phenoxy) is 1. The summed E-state index contributed by atoms with van der Waals surface area (Å²) in [5.74, 6) is 1.65. The minimum Gasteiger partial charge on any atom is -0.458 e. The fourth-order valence-electron chi connectivity index (χ4n) is 17.1. The highest BCUT2D eigenvalue weighted by Crippen LogP contribution is 2.55. The maximum absolute atomic E-state index is 8.01. The molecule has 15 aromatic carbocycles. The maximum Gasteiger partial charge on any atom is 0.256 e. The van der Waals surface area contributed by atoms with E-state index in [0.717, 1.165) is 108 Å². The van der Waals surface area contributed by atoms with Gasteiger partial charge in [-0.25, -0.2) is 0 Å². The molecule has 0 unspecified atom stereocenters. The van der Waals surface area contributed by atoms with Gasteiger partial charge in [-0.05, 0) is 160 Å². The first kappa shape index (κ1) is 56.9.